The number of carbonyl (C=O) groups excluding carboxylic acids is 1. The highest BCUT2D eigenvalue weighted by molar-refractivity contribution is 5.99. The molecule has 0 fully saturated rings. The average molecular weight is 415 g/mol. The summed E-state index contributed by atoms with van der Waals surface area (Å²) in [5.41, 5.74) is 5.95. The molecule has 0 aliphatic carbocycles. The van der Waals surface area contributed by atoms with Crippen LogP contribution in [0.5, 0.6) is 0 Å². The molecule has 4 aromatic rings. The lowest BCUT2D eigenvalue weighted by atomic mass is 10.0. The van der Waals surface area contributed by atoms with Crippen LogP contribution in [-0.4, -0.2) is 26.8 Å². The maximum atomic E-state index is 12.6. The lowest BCUT2D eigenvalue weighted by molar-refractivity contribution is 0.0952. The minimum atomic E-state index is -0.0951. The third-order valence-electron chi connectivity index (χ3n) is 5.87. The first-order valence-electron chi connectivity index (χ1n) is 10.3. The van der Waals surface area contributed by atoms with E-state index in [0.29, 0.717) is 18.7 Å². The number of benzene rings is 2. The van der Waals surface area contributed by atoms with E-state index >= 15 is 0 Å². The molecule has 4 rings (SSSR count). The van der Waals surface area contributed by atoms with E-state index in [1.165, 1.54) is 5.56 Å². The van der Waals surface area contributed by atoms with Crippen LogP contribution in [0.15, 0.2) is 59.5 Å². The Labute approximate surface area is 181 Å². The highest BCUT2D eigenvalue weighted by Crippen LogP contribution is 2.24. The van der Waals surface area contributed by atoms with Gasteiger partial charge in [0.25, 0.3) is 5.91 Å². The number of aromatic nitrogens is 3. The fourth-order valence-corrected chi connectivity index (χ4v) is 3.71. The maximum absolute atomic E-state index is 12.6. The predicted octanol–water partition coefficient (Wildman–Crippen LogP) is 3.76. The molecule has 31 heavy (non-hydrogen) atoms. The molecule has 2 aromatic heterocycles. The van der Waals surface area contributed by atoms with Crippen molar-refractivity contribution in [2.24, 2.45) is 7.05 Å². The zero-order valence-corrected chi connectivity index (χ0v) is 18.3. The van der Waals surface area contributed by atoms with Crippen LogP contribution in [0.25, 0.3) is 21.9 Å². The van der Waals surface area contributed by atoms with Crippen molar-refractivity contribution in [2.75, 3.05) is 6.54 Å². The van der Waals surface area contributed by atoms with Gasteiger partial charge in [-0.05, 0) is 72.5 Å². The zero-order valence-electron chi connectivity index (χ0n) is 18.3. The Bertz CT molecular complexity index is 1350. The van der Waals surface area contributed by atoms with Crippen LogP contribution < -0.4 is 10.9 Å². The maximum Gasteiger partial charge on any atom is 0.251 e. The Hall–Kier alpha value is -3.67. The van der Waals surface area contributed by atoms with Crippen LogP contribution in [0.3, 0.4) is 0 Å². The lowest BCUT2D eigenvalue weighted by Gasteiger charge is -2.09. The van der Waals surface area contributed by atoms with E-state index in [2.05, 4.69) is 23.4 Å². The van der Waals surface area contributed by atoms with Gasteiger partial charge >= 0.3 is 0 Å². The molecule has 0 saturated heterocycles. The van der Waals surface area contributed by atoms with E-state index in [-0.39, 0.29) is 11.5 Å². The minimum absolute atomic E-state index is 0.0341. The Morgan fingerprint density at radius 3 is 2.39 bits per heavy atom. The summed E-state index contributed by atoms with van der Waals surface area (Å²) in [5, 5.41) is 9.53. The summed E-state index contributed by atoms with van der Waals surface area (Å²) in [7, 11) is 1.74. The van der Waals surface area contributed by atoms with Crippen molar-refractivity contribution in [3.8, 4) is 11.1 Å². The molecule has 6 nitrogen and oxygen atoms in total. The number of carbonyl (C=O) groups is 1. The second kappa shape index (κ2) is 8.22. The third-order valence-corrected chi connectivity index (χ3v) is 5.87. The van der Waals surface area contributed by atoms with Crippen LogP contribution in [0.1, 0.15) is 27.3 Å². The van der Waals surface area contributed by atoms with Crippen molar-refractivity contribution in [2.45, 2.75) is 27.3 Å². The van der Waals surface area contributed by atoms with Crippen LogP contribution >= 0.6 is 0 Å². The topological polar surface area (TPSA) is 68.9 Å². The molecule has 0 aliphatic rings. The predicted molar refractivity (Wildman–Crippen MR) is 123 cm³/mol. The summed E-state index contributed by atoms with van der Waals surface area (Å²) < 4.78 is 3.51. The second-order valence-corrected chi connectivity index (χ2v) is 7.92. The normalized spacial score (nSPS) is 11.1. The van der Waals surface area contributed by atoms with Gasteiger partial charge < -0.3 is 9.88 Å². The van der Waals surface area contributed by atoms with Gasteiger partial charge in [-0.25, -0.2) is 0 Å². The molecular weight excluding hydrogens is 388 g/mol. The van der Waals surface area contributed by atoms with Gasteiger partial charge in [-0.1, -0.05) is 18.2 Å². The van der Waals surface area contributed by atoms with Crippen molar-refractivity contribution in [1.29, 1.82) is 0 Å². The molecule has 6 heteroatoms. The quantitative estimate of drug-likeness (QED) is 0.541. The van der Waals surface area contributed by atoms with E-state index in [1.54, 1.807) is 17.7 Å². The smallest absolute Gasteiger partial charge is 0.251 e. The number of hydrogen-bond acceptors (Lipinski definition) is 3. The molecule has 2 aromatic carbocycles. The summed E-state index contributed by atoms with van der Waals surface area (Å²) in [4.78, 5) is 24.2. The van der Waals surface area contributed by atoms with Crippen LogP contribution in [0.2, 0.25) is 0 Å². The molecule has 1 N–H and O–H groups in total. The number of fused-ring (bicyclic) bond motifs is 1. The molecule has 0 unspecified atom stereocenters. The average Bonchev–Trinajstić information content (AvgIpc) is 3.01. The summed E-state index contributed by atoms with van der Waals surface area (Å²) in [6, 6.07) is 15.2. The van der Waals surface area contributed by atoms with Gasteiger partial charge in [-0.2, -0.15) is 5.10 Å². The molecule has 0 spiro atoms. The van der Waals surface area contributed by atoms with Crippen molar-refractivity contribution >= 4 is 16.7 Å². The monoisotopic (exact) mass is 414 g/mol. The van der Waals surface area contributed by atoms with Gasteiger partial charge in [0.1, 0.15) is 0 Å². The van der Waals surface area contributed by atoms with Crippen LogP contribution in [0, 0.1) is 20.8 Å². The van der Waals surface area contributed by atoms with E-state index in [1.807, 2.05) is 61.1 Å². The lowest BCUT2D eigenvalue weighted by Crippen LogP contribution is -2.27. The molecule has 0 atom stereocenters. The third kappa shape index (κ3) is 4.14. The van der Waals surface area contributed by atoms with Crippen molar-refractivity contribution in [3.63, 3.8) is 0 Å². The number of nitrogens with one attached hydrogen (secondary N) is 1. The highest BCUT2D eigenvalue weighted by Gasteiger charge is 2.10. The Balaban J connectivity index is 1.48. The molecular formula is C25H26N4O2. The van der Waals surface area contributed by atoms with Gasteiger partial charge in [0.2, 0.25) is 5.56 Å². The molecule has 0 aliphatic heterocycles. The molecule has 0 bridgehead atoms. The molecule has 2 heterocycles. The van der Waals surface area contributed by atoms with Crippen molar-refractivity contribution in [3.05, 3.63) is 87.6 Å². The van der Waals surface area contributed by atoms with E-state index < -0.39 is 0 Å². The number of aryl methyl sites for hydroxylation is 2. The van der Waals surface area contributed by atoms with Crippen molar-refractivity contribution in [1.82, 2.24) is 19.7 Å². The summed E-state index contributed by atoms with van der Waals surface area (Å²) in [5.74, 6) is -0.0951. The number of amides is 1. The number of nitrogens with zero attached hydrogens (tertiary/aromatic N) is 3. The molecule has 1 amide bonds. The van der Waals surface area contributed by atoms with E-state index in [0.717, 1.165) is 33.3 Å². The summed E-state index contributed by atoms with van der Waals surface area (Å²) in [6.07, 6.45) is 1.83. The fourth-order valence-electron chi connectivity index (χ4n) is 3.71. The Kier molecular flexibility index (Phi) is 5.46. The van der Waals surface area contributed by atoms with Gasteiger partial charge in [0, 0.05) is 37.1 Å². The Morgan fingerprint density at radius 2 is 1.68 bits per heavy atom. The van der Waals surface area contributed by atoms with Gasteiger partial charge in [0.05, 0.1) is 12.2 Å². The second-order valence-electron chi connectivity index (χ2n) is 7.92. The largest absolute Gasteiger partial charge is 0.350 e. The highest BCUT2D eigenvalue weighted by atomic mass is 16.1. The van der Waals surface area contributed by atoms with Gasteiger partial charge in [-0.3, -0.25) is 14.3 Å². The van der Waals surface area contributed by atoms with Gasteiger partial charge in [0.15, 0.2) is 0 Å². The number of hydrogen-bond donors (Lipinski definition) is 1. The molecule has 0 saturated carbocycles. The standard InChI is InChI=1S/C25H26N4O2/c1-16-17(2)27-29(18(16)3)12-11-26-25(31)22-8-7-19-13-21(6-5-20(19)14-22)23-9-10-24(30)28(4)15-23/h5-10,13-15H,11-12H2,1-4H3,(H,26,31). The van der Waals surface area contributed by atoms with E-state index in [9.17, 15) is 9.59 Å². The Morgan fingerprint density at radius 1 is 0.968 bits per heavy atom. The van der Waals surface area contributed by atoms with E-state index in [4.69, 9.17) is 0 Å². The molecule has 158 valence electrons. The summed E-state index contributed by atoms with van der Waals surface area (Å²) >= 11 is 0. The fraction of sp³-hybridized carbons (Fsp3) is 0.240. The first-order valence-corrected chi connectivity index (χ1v) is 10.3. The van der Waals surface area contributed by atoms with Gasteiger partial charge in [-0.15, -0.1) is 0 Å². The summed E-state index contributed by atoms with van der Waals surface area (Å²) in [6.45, 7) is 7.26. The first kappa shape index (κ1) is 20.6. The number of pyridine rings is 1. The number of rotatable bonds is 5. The molecule has 0 radical (unpaired) electrons. The van der Waals surface area contributed by atoms with Crippen LogP contribution in [0.4, 0.5) is 0 Å². The van der Waals surface area contributed by atoms with Crippen LogP contribution in [-0.2, 0) is 13.6 Å². The SMILES string of the molecule is Cc1nn(CCNC(=O)c2ccc3cc(-c4ccc(=O)n(C)c4)ccc3c2)c(C)c1C. The minimum Gasteiger partial charge on any atom is -0.350 e. The zero-order chi connectivity index (χ0) is 22.1. The van der Waals surface area contributed by atoms with Crippen molar-refractivity contribution < 1.29 is 4.79 Å². The first-order chi connectivity index (χ1) is 14.8.